The maximum atomic E-state index is 12.7. The number of nitrogens with zero attached hydrogens (tertiary/aromatic N) is 1. The van der Waals surface area contributed by atoms with E-state index in [1.165, 1.54) is 5.57 Å². The molecule has 0 bridgehead atoms. The molecule has 1 aliphatic heterocycles. The summed E-state index contributed by atoms with van der Waals surface area (Å²) in [7, 11) is -3.38. The Morgan fingerprint density at radius 1 is 1.25 bits per heavy atom. The van der Waals surface area contributed by atoms with E-state index < -0.39 is 10.0 Å². The average molecular weight is 293 g/mol. The fourth-order valence-corrected chi connectivity index (χ4v) is 4.12. The molecular weight excluding hydrogens is 270 g/mol. The molecule has 0 saturated carbocycles. The Bertz CT molecular complexity index is 587. The van der Waals surface area contributed by atoms with Crippen LogP contribution in [0.1, 0.15) is 25.8 Å². The second-order valence-electron chi connectivity index (χ2n) is 5.93. The zero-order valence-corrected chi connectivity index (χ0v) is 13.3. The van der Waals surface area contributed by atoms with Gasteiger partial charge in [-0.2, -0.15) is 4.31 Å². The van der Waals surface area contributed by atoms with Gasteiger partial charge in [-0.1, -0.05) is 43.7 Å². The summed E-state index contributed by atoms with van der Waals surface area (Å²) >= 11 is 0. The molecule has 2 rings (SSSR count). The molecule has 110 valence electrons. The van der Waals surface area contributed by atoms with E-state index in [4.69, 9.17) is 0 Å². The lowest BCUT2D eigenvalue weighted by Gasteiger charge is -2.35. The summed E-state index contributed by atoms with van der Waals surface area (Å²) in [5.41, 5.74) is 2.24. The fourth-order valence-electron chi connectivity index (χ4n) is 2.65. The highest BCUT2D eigenvalue weighted by atomic mass is 32.2. The molecule has 1 heterocycles. The predicted molar refractivity (Wildman–Crippen MR) is 82.0 cm³/mol. The molecule has 1 aromatic carbocycles. The van der Waals surface area contributed by atoms with Gasteiger partial charge in [0.05, 0.1) is 4.90 Å². The Balaban J connectivity index is 2.26. The first kappa shape index (κ1) is 15.3. The minimum atomic E-state index is -3.38. The van der Waals surface area contributed by atoms with Crippen molar-refractivity contribution in [1.82, 2.24) is 4.31 Å². The van der Waals surface area contributed by atoms with Crippen molar-refractivity contribution < 1.29 is 8.42 Å². The first-order valence-electron chi connectivity index (χ1n) is 7.07. The van der Waals surface area contributed by atoms with Crippen molar-refractivity contribution in [3.63, 3.8) is 0 Å². The minimum Gasteiger partial charge on any atom is -0.207 e. The van der Waals surface area contributed by atoms with E-state index >= 15 is 0 Å². The van der Waals surface area contributed by atoms with Gasteiger partial charge in [-0.25, -0.2) is 8.42 Å². The molecule has 20 heavy (non-hydrogen) atoms. The second-order valence-corrected chi connectivity index (χ2v) is 7.87. The maximum Gasteiger partial charge on any atom is 0.243 e. The number of piperidine rings is 1. The van der Waals surface area contributed by atoms with Gasteiger partial charge >= 0.3 is 0 Å². The van der Waals surface area contributed by atoms with Crippen molar-refractivity contribution in [2.45, 2.75) is 32.1 Å². The van der Waals surface area contributed by atoms with E-state index in [0.29, 0.717) is 23.9 Å². The Kier molecular flexibility index (Phi) is 4.35. The Labute approximate surface area is 122 Å². The number of benzene rings is 1. The van der Waals surface area contributed by atoms with Gasteiger partial charge in [0.1, 0.15) is 0 Å². The van der Waals surface area contributed by atoms with E-state index in [2.05, 4.69) is 20.4 Å². The van der Waals surface area contributed by atoms with E-state index in [1.807, 2.05) is 19.1 Å². The molecule has 1 atom stereocenters. The largest absolute Gasteiger partial charge is 0.243 e. The number of hydrogen-bond acceptors (Lipinski definition) is 2. The Morgan fingerprint density at radius 3 is 2.40 bits per heavy atom. The maximum absolute atomic E-state index is 12.7. The topological polar surface area (TPSA) is 37.4 Å². The monoisotopic (exact) mass is 293 g/mol. The number of sulfonamides is 1. The van der Waals surface area contributed by atoms with Crippen LogP contribution in [-0.2, 0) is 10.0 Å². The molecule has 1 unspecified atom stereocenters. The molecule has 0 aliphatic carbocycles. The summed E-state index contributed by atoms with van der Waals surface area (Å²) in [5.74, 6) is 0.669. The number of aryl methyl sites for hydroxylation is 1. The SMILES string of the molecule is C=C1CCN(S(=O)(=O)c2ccc(C)cc2)CC1C(C)C. The van der Waals surface area contributed by atoms with Crippen LogP contribution in [-0.4, -0.2) is 25.8 Å². The molecule has 1 aliphatic rings. The molecule has 0 aromatic heterocycles. The molecule has 0 radical (unpaired) electrons. The minimum absolute atomic E-state index is 0.254. The van der Waals surface area contributed by atoms with Gasteiger partial charge in [0, 0.05) is 13.1 Å². The second kappa shape index (κ2) is 5.70. The molecule has 0 spiro atoms. The third-order valence-corrected chi connectivity index (χ3v) is 5.95. The van der Waals surface area contributed by atoms with E-state index in [1.54, 1.807) is 16.4 Å². The van der Waals surface area contributed by atoms with E-state index in [9.17, 15) is 8.42 Å². The first-order chi connectivity index (χ1) is 9.32. The average Bonchev–Trinajstić information content (AvgIpc) is 2.39. The van der Waals surface area contributed by atoms with Crippen LogP contribution in [0.3, 0.4) is 0 Å². The van der Waals surface area contributed by atoms with E-state index in [-0.39, 0.29) is 5.92 Å². The van der Waals surface area contributed by atoms with Crippen LogP contribution in [0.15, 0.2) is 41.3 Å². The highest BCUT2D eigenvalue weighted by Crippen LogP contribution is 2.30. The van der Waals surface area contributed by atoms with Crippen LogP contribution in [0.2, 0.25) is 0 Å². The normalized spacial score (nSPS) is 21.4. The van der Waals surface area contributed by atoms with Crippen molar-refractivity contribution in [2.24, 2.45) is 11.8 Å². The summed E-state index contributed by atoms with van der Waals surface area (Å²) in [6.07, 6.45) is 0.758. The van der Waals surface area contributed by atoms with Gasteiger partial charge in [-0.3, -0.25) is 0 Å². The standard InChI is InChI=1S/C16H23NO2S/c1-12(2)16-11-17(10-9-14(16)4)20(18,19)15-7-5-13(3)6-8-15/h5-8,12,16H,4,9-11H2,1-3H3. The van der Waals surface area contributed by atoms with Gasteiger partial charge in [-0.05, 0) is 37.3 Å². The summed E-state index contributed by atoms with van der Waals surface area (Å²) in [5, 5.41) is 0. The Morgan fingerprint density at radius 2 is 1.85 bits per heavy atom. The third-order valence-electron chi connectivity index (χ3n) is 4.07. The lowest BCUT2D eigenvalue weighted by molar-refractivity contribution is 0.278. The van der Waals surface area contributed by atoms with Crippen molar-refractivity contribution in [3.8, 4) is 0 Å². The third kappa shape index (κ3) is 2.96. The molecule has 0 N–H and O–H groups in total. The molecule has 0 amide bonds. The number of rotatable bonds is 3. The smallest absolute Gasteiger partial charge is 0.207 e. The fraction of sp³-hybridized carbons (Fsp3) is 0.500. The zero-order valence-electron chi connectivity index (χ0n) is 12.5. The molecule has 1 saturated heterocycles. The molecule has 3 nitrogen and oxygen atoms in total. The molecule has 1 aromatic rings. The van der Waals surface area contributed by atoms with Crippen LogP contribution in [0.25, 0.3) is 0 Å². The summed E-state index contributed by atoms with van der Waals surface area (Å²) in [6, 6.07) is 7.07. The predicted octanol–water partition coefficient (Wildman–Crippen LogP) is 3.22. The van der Waals surface area contributed by atoms with Crippen LogP contribution in [0, 0.1) is 18.8 Å². The van der Waals surface area contributed by atoms with Crippen molar-refractivity contribution >= 4 is 10.0 Å². The Hall–Kier alpha value is -1.13. The highest BCUT2D eigenvalue weighted by Gasteiger charge is 2.32. The van der Waals surface area contributed by atoms with Gasteiger partial charge < -0.3 is 0 Å². The van der Waals surface area contributed by atoms with Gasteiger partial charge in [0.25, 0.3) is 0 Å². The molecular formula is C16H23NO2S. The summed E-state index contributed by atoms with van der Waals surface area (Å²) < 4.78 is 26.9. The van der Waals surface area contributed by atoms with Crippen LogP contribution < -0.4 is 0 Å². The zero-order chi connectivity index (χ0) is 14.9. The summed E-state index contributed by atoms with van der Waals surface area (Å²) in [6.45, 7) is 11.4. The van der Waals surface area contributed by atoms with Crippen LogP contribution in [0.5, 0.6) is 0 Å². The van der Waals surface area contributed by atoms with Gasteiger partial charge in [0.15, 0.2) is 0 Å². The van der Waals surface area contributed by atoms with Crippen molar-refractivity contribution in [2.75, 3.05) is 13.1 Å². The van der Waals surface area contributed by atoms with E-state index in [0.717, 1.165) is 12.0 Å². The highest BCUT2D eigenvalue weighted by molar-refractivity contribution is 7.89. The molecule has 4 heteroatoms. The molecule has 1 fully saturated rings. The van der Waals surface area contributed by atoms with Crippen molar-refractivity contribution in [1.29, 1.82) is 0 Å². The first-order valence-corrected chi connectivity index (χ1v) is 8.51. The lowest BCUT2D eigenvalue weighted by Crippen LogP contribution is -2.42. The number of hydrogen-bond donors (Lipinski definition) is 0. The lowest BCUT2D eigenvalue weighted by atomic mass is 9.85. The van der Waals surface area contributed by atoms with Crippen LogP contribution in [0.4, 0.5) is 0 Å². The van der Waals surface area contributed by atoms with Crippen LogP contribution >= 0.6 is 0 Å². The van der Waals surface area contributed by atoms with Gasteiger partial charge in [-0.15, -0.1) is 0 Å². The van der Waals surface area contributed by atoms with Gasteiger partial charge in [0.2, 0.25) is 10.0 Å². The summed E-state index contributed by atoms with van der Waals surface area (Å²) in [4.78, 5) is 0.387. The quantitative estimate of drug-likeness (QED) is 0.802. The van der Waals surface area contributed by atoms with Crippen molar-refractivity contribution in [3.05, 3.63) is 42.0 Å².